The number of benzene rings is 7. The minimum absolute atomic E-state index is 0.626. The molecular formula is C50H32N6. The largest absolute Gasteiger partial charge is 0.309 e. The standard InChI is InChI=1S/C50H32N6/c1-4-13-33(14-5-1)48-52-49(34-15-6-2-7-16-34)54-50(53-48)35-22-26-39(27-23-35)55-44-29-25-36(31-42(44)47-45(55)21-12-30-51-47)37-24-28-41-40-19-10-11-20-43(40)56(46(41)32-37)38-17-8-3-9-18-38/h1-32H. The number of hydrogen-bond acceptors (Lipinski definition) is 4. The maximum absolute atomic E-state index is 4.94. The van der Waals surface area contributed by atoms with Gasteiger partial charge in [0.15, 0.2) is 17.5 Å². The molecule has 11 rings (SSSR count). The summed E-state index contributed by atoms with van der Waals surface area (Å²) in [6.45, 7) is 0. The Labute approximate surface area is 322 Å². The van der Waals surface area contributed by atoms with Crippen LogP contribution in [0.25, 0.3) is 100 Å². The monoisotopic (exact) mass is 716 g/mol. The second kappa shape index (κ2) is 13.0. The number of pyridine rings is 1. The van der Waals surface area contributed by atoms with Gasteiger partial charge in [-0.2, -0.15) is 0 Å². The number of para-hydroxylation sites is 2. The Morgan fingerprint density at radius 2 is 0.786 bits per heavy atom. The molecule has 0 unspecified atom stereocenters. The van der Waals surface area contributed by atoms with Crippen molar-refractivity contribution in [2.24, 2.45) is 0 Å². The van der Waals surface area contributed by atoms with E-state index in [-0.39, 0.29) is 0 Å². The van der Waals surface area contributed by atoms with E-state index in [0.29, 0.717) is 17.5 Å². The van der Waals surface area contributed by atoms with Gasteiger partial charge in [-0.15, -0.1) is 0 Å². The summed E-state index contributed by atoms with van der Waals surface area (Å²) < 4.78 is 4.66. The molecule has 7 aromatic carbocycles. The molecule has 6 heteroatoms. The Bertz CT molecular complexity index is 3160. The molecule has 0 aliphatic carbocycles. The molecule has 56 heavy (non-hydrogen) atoms. The predicted molar refractivity (Wildman–Crippen MR) is 228 cm³/mol. The first-order valence-corrected chi connectivity index (χ1v) is 18.7. The molecule has 0 spiro atoms. The van der Waals surface area contributed by atoms with Crippen LogP contribution in [0.3, 0.4) is 0 Å². The zero-order chi connectivity index (χ0) is 37.0. The van der Waals surface area contributed by atoms with Gasteiger partial charge in [-0.1, -0.05) is 115 Å². The van der Waals surface area contributed by atoms with Crippen LogP contribution >= 0.6 is 0 Å². The normalized spacial score (nSPS) is 11.6. The molecule has 6 nitrogen and oxygen atoms in total. The van der Waals surface area contributed by atoms with E-state index in [1.807, 2.05) is 72.9 Å². The molecule has 0 amide bonds. The zero-order valence-corrected chi connectivity index (χ0v) is 30.2. The Balaban J connectivity index is 1.02. The number of fused-ring (bicyclic) bond motifs is 6. The molecule has 0 fully saturated rings. The molecule has 11 aromatic rings. The summed E-state index contributed by atoms with van der Waals surface area (Å²) in [5, 5.41) is 3.58. The highest BCUT2D eigenvalue weighted by Crippen LogP contribution is 2.38. The van der Waals surface area contributed by atoms with Crippen LogP contribution in [-0.4, -0.2) is 29.1 Å². The first kappa shape index (κ1) is 31.8. The third-order valence-corrected chi connectivity index (χ3v) is 10.6. The second-order valence-electron chi connectivity index (χ2n) is 13.9. The van der Waals surface area contributed by atoms with Crippen molar-refractivity contribution in [2.75, 3.05) is 0 Å². The topological polar surface area (TPSA) is 61.4 Å². The quantitative estimate of drug-likeness (QED) is 0.172. The molecule has 0 aliphatic heterocycles. The van der Waals surface area contributed by atoms with Crippen LogP contribution in [0.5, 0.6) is 0 Å². The highest BCUT2D eigenvalue weighted by Gasteiger charge is 2.18. The first-order valence-electron chi connectivity index (χ1n) is 18.7. The van der Waals surface area contributed by atoms with Gasteiger partial charge in [0.1, 0.15) is 0 Å². The summed E-state index contributed by atoms with van der Waals surface area (Å²) >= 11 is 0. The highest BCUT2D eigenvalue weighted by atomic mass is 15.0. The Morgan fingerprint density at radius 1 is 0.304 bits per heavy atom. The van der Waals surface area contributed by atoms with Gasteiger partial charge in [0.25, 0.3) is 0 Å². The molecule has 262 valence electrons. The first-order chi connectivity index (χ1) is 27.8. The summed E-state index contributed by atoms with van der Waals surface area (Å²) in [5.41, 5.74) is 12.8. The van der Waals surface area contributed by atoms with E-state index in [1.165, 1.54) is 21.8 Å². The lowest BCUT2D eigenvalue weighted by Crippen LogP contribution is -2.00. The van der Waals surface area contributed by atoms with Gasteiger partial charge >= 0.3 is 0 Å². The maximum atomic E-state index is 4.94. The molecule has 0 aliphatic rings. The van der Waals surface area contributed by atoms with Crippen molar-refractivity contribution in [1.82, 2.24) is 29.1 Å². The van der Waals surface area contributed by atoms with Crippen molar-refractivity contribution in [3.05, 3.63) is 194 Å². The summed E-state index contributed by atoms with van der Waals surface area (Å²) in [4.78, 5) is 19.7. The smallest absolute Gasteiger partial charge is 0.164 e. The van der Waals surface area contributed by atoms with Gasteiger partial charge in [-0.3, -0.25) is 4.98 Å². The summed E-state index contributed by atoms with van der Waals surface area (Å²) in [5.74, 6) is 1.91. The van der Waals surface area contributed by atoms with Gasteiger partial charge in [0.2, 0.25) is 0 Å². The number of nitrogens with zero attached hydrogens (tertiary/aromatic N) is 6. The van der Waals surface area contributed by atoms with Gasteiger partial charge in [-0.25, -0.2) is 15.0 Å². The van der Waals surface area contributed by atoms with Crippen LogP contribution in [0.1, 0.15) is 0 Å². The van der Waals surface area contributed by atoms with Crippen molar-refractivity contribution < 1.29 is 0 Å². The lowest BCUT2D eigenvalue weighted by atomic mass is 10.0. The molecule has 0 atom stereocenters. The molecule has 0 saturated carbocycles. The molecule has 0 saturated heterocycles. The van der Waals surface area contributed by atoms with Gasteiger partial charge in [-0.05, 0) is 83.9 Å². The van der Waals surface area contributed by atoms with E-state index in [9.17, 15) is 0 Å². The third kappa shape index (κ3) is 5.27. The van der Waals surface area contributed by atoms with Crippen LogP contribution < -0.4 is 0 Å². The van der Waals surface area contributed by atoms with E-state index in [0.717, 1.165) is 61.1 Å². The van der Waals surface area contributed by atoms with Gasteiger partial charge in [0.05, 0.1) is 27.6 Å². The lowest BCUT2D eigenvalue weighted by Gasteiger charge is -2.11. The third-order valence-electron chi connectivity index (χ3n) is 10.6. The van der Waals surface area contributed by atoms with Gasteiger partial charge in [0, 0.05) is 50.4 Å². The summed E-state index contributed by atoms with van der Waals surface area (Å²) in [6.07, 6.45) is 1.88. The summed E-state index contributed by atoms with van der Waals surface area (Å²) in [6, 6.07) is 65.6. The number of rotatable bonds is 6. The lowest BCUT2D eigenvalue weighted by molar-refractivity contribution is 1.07. The average molecular weight is 717 g/mol. The average Bonchev–Trinajstić information content (AvgIpc) is 3.79. The molecule has 0 bridgehead atoms. The SMILES string of the molecule is c1ccc(-c2nc(-c3ccccc3)nc(-c3ccc(-n4c5ccc(-c6ccc7c8ccccc8n(-c8ccccc8)c7c6)cc5c5ncccc54)cc3)n2)cc1. The van der Waals surface area contributed by atoms with Crippen LogP contribution in [0.15, 0.2) is 194 Å². The van der Waals surface area contributed by atoms with Crippen LogP contribution in [0, 0.1) is 0 Å². The van der Waals surface area contributed by atoms with E-state index < -0.39 is 0 Å². The molecule has 4 heterocycles. The van der Waals surface area contributed by atoms with Crippen LogP contribution in [0.2, 0.25) is 0 Å². The fraction of sp³-hybridized carbons (Fsp3) is 0. The molecule has 0 N–H and O–H groups in total. The van der Waals surface area contributed by atoms with Crippen LogP contribution in [-0.2, 0) is 0 Å². The van der Waals surface area contributed by atoms with E-state index in [4.69, 9.17) is 19.9 Å². The van der Waals surface area contributed by atoms with Crippen molar-refractivity contribution in [3.63, 3.8) is 0 Å². The van der Waals surface area contributed by atoms with E-state index >= 15 is 0 Å². The Kier molecular flexibility index (Phi) is 7.38. The number of hydrogen-bond donors (Lipinski definition) is 0. The highest BCUT2D eigenvalue weighted by molar-refractivity contribution is 6.11. The fourth-order valence-electron chi connectivity index (χ4n) is 8.00. The maximum Gasteiger partial charge on any atom is 0.164 e. The predicted octanol–water partition coefficient (Wildman–Crippen LogP) is 12.1. The van der Waals surface area contributed by atoms with Crippen molar-refractivity contribution in [2.45, 2.75) is 0 Å². The van der Waals surface area contributed by atoms with Crippen molar-refractivity contribution >= 4 is 43.7 Å². The summed E-state index contributed by atoms with van der Waals surface area (Å²) in [7, 11) is 0. The minimum Gasteiger partial charge on any atom is -0.309 e. The zero-order valence-electron chi connectivity index (χ0n) is 30.2. The van der Waals surface area contributed by atoms with E-state index in [2.05, 4.69) is 130 Å². The fourth-order valence-corrected chi connectivity index (χ4v) is 8.00. The van der Waals surface area contributed by atoms with Crippen molar-refractivity contribution in [3.8, 4) is 56.7 Å². The van der Waals surface area contributed by atoms with Crippen LogP contribution in [0.4, 0.5) is 0 Å². The Hall–Kier alpha value is -7.70. The second-order valence-corrected chi connectivity index (χ2v) is 13.9. The van der Waals surface area contributed by atoms with Gasteiger partial charge < -0.3 is 9.13 Å². The molecule has 0 radical (unpaired) electrons. The molecule has 4 aromatic heterocycles. The Morgan fingerprint density at radius 3 is 1.48 bits per heavy atom. The van der Waals surface area contributed by atoms with E-state index in [1.54, 1.807) is 0 Å². The van der Waals surface area contributed by atoms with Crippen molar-refractivity contribution in [1.29, 1.82) is 0 Å². The molecular weight excluding hydrogens is 685 g/mol. The number of aromatic nitrogens is 6. The minimum atomic E-state index is 0.626.